The number of hydrogen-bond acceptors (Lipinski definition) is 4. The maximum Gasteiger partial charge on any atom is 0.241 e. The SMILES string of the molecule is Cn1cnnc1-c1ccccc1NC(=O)[C@H](N)C(C)(C)C. The van der Waals surface area contributed by atoms with Crippen LogP contribution in [-0.2, 0) is 11.8 Å². The Kier molecular flexibility index (Phi) is 4.09. The summed E-state index contributed by atoms with van der Waals surface area (Å²) < 4.78 is 1.80. The summed E-state index contributed by atoms with van der Waals surface area (Å²) in [5, 5.41) is 10.8. The second-order valence-corrected chi connectivity index (χ2v) is 6.14. The number of nitrogens with two attached hydrogens (primary N) is 1. The fourth-order valence-electron chi connectivity index (χ4n) is 1.92. The van der Waals surface area contributed by atoms with Crippen molar-refractivity contribution in [2.24, 2.45) is 18.2 Å². The Labute approximate surface area is 124 Å². The highest BCUT2D eigenvalue weighted by molar-refractivity contribution is 5.98. The molecule has 0 aliphatic carbocycles. The molecule has 1 heterocycles. The van der Waals surface area contributed by atoms with Crippen molar-refractivity contribution in [3.05, 3.63) is 30.6 Å². The highest BCUT2D eigenvalue weighted by Gasteiger charge is 2.28. The summed E-state index contributed by atoms with van der Waals surface area (Å²) in [6.45, 7) is 5.81. The molecule has 0 radical (unpaired) electrons. The van der Waals surface area contributed by atoms with Gasteiger partial charge in [-0.25, -0.2) is 0 Å². The number of hydrogen-bond donors (Lipinski definition) is 2. The summed E-state index contributed by atoms with van der Waals surface area (Å²) in [6, 6.07) is 6.88. The Balaban J connectivity index is 2.30. The number of anilines is 1. The van der Waals surface area contributed by atoms with Crippen molar-refractivity contribution in [1.82, 2.24) is 14.8 Å². The zero-order valence-corrected chi connectivity index (χ0v) is 12.8. The van der Waals surface area contributed by atoms with Crippen molar-refractivity contribution in [3.8, 4) is 11.4 Å². The normalized spacial score (nSPS) is 13.0. The van der Waals surface area contributed by atoms with E-state index in [0.717, 1.165) is 5.56 Å². The van der Waals surface area contributed by atoms with Crippen molar-refractivity contribution in [3.63, 3.8) is 0 Å². The molecule has 21 heavy (non-hydrogen) atoms. The zero-order valence-electron chi connectivity index (χ0n) is 12.8. The van der Waals surface area contributed by atoms with E-state index in [1.807, 2.05) is 52.1 Å². The topological polar surface area (TPSA) is 85.8 Å². The number of carbonyl (C=O) groups is 1. The quantitative estimate of drug-likeness (QED) is 0.901. The van der Waals surface area contributed by atoms with Gasteiger partial charge in [0.1, 0.15) is 6.33 Å². The molecule has 0 saturated heterocycles. The lowest BCUT2D eigenvalue weighted by atomic mass is 9.87. The summed E-state index contributed by atoms with van der Waals surface area (Å²) >= 11 is 0. The van der Waals surface area contributed by atoms with Gasteiger partial charge in [-0.2, -0.15) is 0 Å². The standard InChI is InChI=1S/C15H21N5O/c1-15(2,3)12(16)14(21)18-11-8-6-5-7-10(11)13-19-17-9-20(13)4/h5-9,12H,16H2,1-4H3,(H,18,21)/t12-/m0/s1. The molecule has 1 aromatic carbocycles. The molecule has 2 rings (SSSR count). The summed E-state index contributed by atoms with van der Waals surface area (Å²) in [7, 11) is 1.86. The van der Waals surface area contributed by atoms with E-state index in [-0.39, 0.29) is 11.3 Å². The minimum atomic E-state index is -0.593. The van der Waals surface area contributed by atoms with Gasteiger partial charge in [0.2, 0.25) is 5.91 Å². The number of para-hydroxylation sites is 1. The number of nitrogens with zero attached hydrogens (tertiary/aromatic N) is 3. The zero-order chi connectivity index (χ0) is 15.6. The predicted molar refractivity (Wildman–Crippen MR) is 82.5 cm³/mol. The number of benzene rings is 1. The Morgan fingerprint density at radius 1 is 1.33 bits per heavy atom. The summed E-state index contributed by atoms with van der Waals surface area (Å²) in [6.07, 6.45) is 1.62. The van der Waals surface area contributed by atoms with Gasteiger partial charge in [-0.1, -0.05) is 32.9 Å². The van der Waals surface area contributed by atoms with Crippen LogP contribution in [0, 0.1) is 5.41 Å². The van der Waals surface area contributed by atoms with Crippen LogP contribution in [0.1, 0.15) is 20.8 Å². The number of carbonyl (C=O) groups excluding carboxylic acids is 1. The lowest BCUT2D eigenvalue weighted by Crippen LogP contribution is -2.45. The van der Waals surface area contributed by atoms with E-state index >= 15 is 0 Å². The average molecular weight is 287 g/mol. The third-order valence-electron chi connectivity index (χ3n) is 3.35. The first-order valence-electron chi connectivity index (χ1n) is 6.80. The van der Waals surface area contributed by atoms with E-state index in [2.05, 4.69) is 15.5 Å². The van der Waals surface area contributed by atoms with Crippen LogP contribution in [0.4, 0.5) is 5.69 Å². The van der Waals surface area contributed by atoms with Gasteiger partial charge in [0.15, 0.2) is 5.82 Å². The van der Waals surface area contributed by atoms with Crippen LogP contribution < -0.4 is 11.1 Å². The Bertz CT molecular complexity index is 642. The summed E-state index contributed by atoms with van der Waals surface area (Å²) in [4.78, 5) is 12.3. The maximum absolute atomic E-state index is 12.3. The van der Waals surface area contributed by atoms with Crippen molar-refractivity contribution >= 4 is 11.6 Å². The number of nitrogens with one attached hydrogen (secondary N) is 1. The second-order valence-electron chi connectivity index (χ2n) is 6.14. The molecular formula is C15H21N5O. The molecule has 6 heteroatoms. The van der Waals surface area contributed by atoms with Crippen LogP contribution in [0.5, 0.6) is 0 Å². The van der Waals surface area contributed by atoms with E-state index in [9.17, 15) is 4.79 Å². The summed E-state index contributed by atoms with van der Waals surface area (Å²) in [5.41, 5.74) is 7.18. The van der Waals surface area contributed by atoms with E-state index in [4.69, 9.17) is 5.73 Å². The van der Waals surface area contributed by atoms with Crippen molar-refractivity contribution in [2.45, 2.75) is 26.8 Å². The molecule has 0 bridgehead atoms. The first-order chi connectivity index (χ1) is 9.80. The molecule has 3 N–H and O–H groups in total. The largest absolute Gasteiger partial charge is 0.324 e. The first kappa shape index (κ1) is 15.2. The van der Waals surface area contributed by atoms with Gasteiger partial charge in [-0.3, -0.25) is 4.79 Å². The molecule has 1 aromatic heterocycles. The number of aromatic nitrogens is 3. The van der Waals surface area contributed by atoms with E-state index in [1.54, 1.807) is 10.9 Å². The molecule has 0 aliphatic heterocycles. The Morgan fingerprint density at radius 3 is 2.57 bits per heavy atom. The molecule has 0 saturated carbocycles. The fourth-order valence-corrected chi connectivity index (χ4v) is 1.92. The molecule has 0 fully saturated rings. The molecule has 112 valence electrons. The van der Waals surface area contributed by atoms with Crippen molar-refractivity contribution in [1.29, 1.82) is 0 Å². The smallest absolute Gasteiger partial charge is 0.241 e. The van der Waals surface area contributed by atoms with Crippen LogP contribution >= 0.6 is 0 Å². The van der Waals surface area contributed by atoms with Crippen LogP contribution in [0.3, 0.4) is 0 Å². The van der Waals surface area contributed by atoms with Gasteiger partial charge < -0.3 is 15.6 Å². The maximum atomic E-state index is 12.3. The molecule has 2 aromatic rings. The van der Waals surface area contributed by atoms with Gasteiger partial charge in [0, 0.05) is 12.6 Å². The van der Waals surface area contributed by atoms with Crippen molar-refractivity contribution in [2.75, 3.05) is 5.32 Å². The molecule has 0 aliphatic rings. The third kappa shape index (κ3) is 3.28. The Hall–Kier alpha value is -2.21. The van der Waals surface area contributed by atoms with Crippen LogP contribution in [0.25, 0.3) is 11.4 Å². The molecule has 0 unspecified atom stereocenters. The monoisotopic (exact) mass is 287 g/mol. The molecule has 1 amide bonds. The molecule has 6 nitrogen and oxygen atoms in total. The van der Waals surface area contributed by atoms with Gasteiger partial charge in [-0.05, 0) is 17.5 Å². The second kappa shape index (κ2) is 5.65. The number of rotatable bonds is 3. The van der Waals surface area contributed by atoms with Crippen molar-refractivity contribution < 1.29 is 4.79 Å². The van der Waals surface area contributed by atoms with Gasteiger partial charge in [0.25, 0.3) is 0 Å². The number of amides is 1. The molecule has 0 spiro atoms. The first-order valence-corrected chi connectivity index (χ1v) is 6.80. The van der Waals surface area contributed by atoms with E-state index < -0.39 is 6.04 Å². The highest BCUT2D eigenvalue weighted by atomic mass is 16.2. The number of aryl methyl sites for hydroxylation is 1. The predicted octanol–water partition coefficient (Wildman–Crippen LogP) is 1.79. The van der Waals surface area contributed by atoms with E-state index in [0.29, 0.717) is 11.5 Å². The lowest BCUT2D eigenvalue weighted by molar-refractivity contribution is -0.119. The van der Waals surface area contributed by atoms with Crippen LogP contribution in [0.2, 0.25) is 0 Å². The van der Waals surface area contributed by atoms with Gasteiger partial charge >= 0.3 is 0 Å². The lowest BCUT2D eigenvalue weighted by Gasteiger charge is -2.26. The van der Waals surface area contributed by atoms with Gasteiger partial charge in [0.05, 0.1) is 11.7 Å². The summed E-state index contributed by atoms with van der Waals surface area (Å²) in [5.74, 6) is 0.479. The highest BCUT2D eigenvalue weighted by Crippen LogP contribution is 2.26. The average Bonchev–Trinajstić information content (AvgIpc) is 2.83. The fraction of sp³-hybridized carbons (Fsp3) is 0.400. The Morgan fingerprint density at radius 2 is 2.00 bits per heavy atom. The molecular weight excluding hydrogens is 266 g/mol. The third-order valence-corrected chi connectivity index (χ3v) is 3.35. The minimum absolute atomic E-state index is 0.211. The minimum Gasteiger partial charge on any atom is -0.324 e. The van der Waals surface area contributed by atoms with E-state index in [1.165, 1.54) is 0 Å². The van der Waals surface area contributed by atoms with Crippen LogP contribution in [-0.4, -0.2) is 26.7 Å². The molecule has 1 atom stereocenters. The van der Waals surface area contributed by atoms with Gasteiger partial charge in [-0.15, -0.1) is 10.2 Å². The van der Waals surface area contributed by atoms with Crippen LogP contribution in [0.15, 0.2) is 30.6 Å².